The van der Waals surface area contributed by atoms with Crippen molar-refractivity contribution in [2.75, 3.05) is 0 Å². The molecule has 0 fully saturated rings. The van der Waals surface area contributed by atoms with E-state index in [0.717, 1.165) is 0 Å². The van der Waals surface area contributed by atoms with E-state index in [1.807, 2.05) is 0 Å². The third kappa shape index (κ3) is 151. The van der Waals surface area contributed by atoms with Crippen molar-refractivity contribution in [1.82, 2.24) is 0 Å². The van der Waals surface area contributed by atoms with Gasteiger partial charge in [-0.3, -0.25) is 0 Å². The van der Waals surface area contributed by atoms with Crippen LogP contribution in [0.2, 0.25) is 0 Å². The van der Waals surface area contributed by atoms with E-state index in [0.29, 0.717) is 0 Å². The van der Waals surface area contributed by atoms with Crippen molar-refractivity contribution in [3.05, 3.63) is 0 Å². The summed E-state index contributed by atoms with van der Waals surface area (Å²) in [6, 6.07) is 0. The summed E-state index contributed by atoms with van der Waals surface area (Å²) in [7, 11) is 10.2. The molecule has 0 heterocycles. The summed E-state index contributed by atoms with van der Waals surface area (Å²) < 4.78 is 8.88. The van der Waals surface area contributed by atoms with Gasteiger partial charge in [-0.05, 0) is 0 Å². The molecule has 0 aromatic carbocycles. The van der Waals surface area contributed by atoms with Crippen LogP contribution in [-0.4, -0.2) is 55.6 Å². The first-order chi connectivity index (χ1) is 3.73. The predicted octanol–water partition coefficient (Wildman–Crippen LogP) is 0.111. The molecule has 0 aliphatic rings. The zero-order chi connectivity index (χ0) is 8.08. The van der Waals surface area contributed by atoms with Crippen LogP contribution >= 0.6 is 38.0 Å². The van der Waals surface area contributed by atoms with Crippen LogP contribution in [0, 0.1) is 0 Å². The van der Waals surface area contributed by atoms with Gasteiger partial charge in [-0.2, -0.15) is 0 Å². The standard InChI is InChI=1S/Al.3ClH.Na.H3O4P.H/c;;;;;1-5(2,3)4;/h;3*1H;;(H3,1,2,3,4);/q+3;;;;;;/p-3. The van der Waals surface area contributed by atoms with Crippen LogP contribution in [0.25, 0.3) is 0 Å². The summed E-state index contributed by atoms with van der Waals surface area (Å²) in [6.07, 6.45) is 0. The van der Waals surface area contributed by atoms with Gasteiger partial charge in [0, 0.05) is 0 Å². The van der Waals surface area contributed by atoms with Crippen molar-refractivity contribution in [3.8, 4) is 0 Å². The number of hydrogen-bond acceptors (Lipinski definition) is 1. The van der Waals surface area contributed by atoms with Crippen LogP contribution in [0.4, 0.5) is 0 Å². The summed E-state index contributed by atoms with van der Waals surface area (Å²) in [5, 5.41) is 0. The molecule has 0 aromatic heterocycles. The van der Waals surface area contributed by atoms with Gasteiger partial charge in [-0.15, -0.1) is 0 Å². The Bertz CT molecular complexity index is 91.7. The van der Waals surface area contributed by atoms with Gasteiger partial charge in [-0.25, -0.2) is 34.7 Å². The van der Waals surface area contributed by atoms with Crippen molar-refractivity contribution in [2.24, 2.45) is 0 Å². The first-order valence-electron chi connectivity index (χ1n) is 1.44. The Balaban J connectivity index is -0.0000000910. The first kappa shape index (κ1) is 18.3. The monoisotopic (exact) mass is 254 g/mol. The summed E-state index contributed by atoms with van der Waals surface area (Å²) in [4.78, 5) is 21.6. The third-order valence-electron chi connectivity index (χ3n) is 0. The average Bonchev–Trinajstić information content (AvgIpc) is 1.19. The Hall–Kier alpha value is 2.51. The Morgan fingerprint density at radius 2 is 1.10 bits per heavy atom. The molecule has 0 unspecified atom stereocenters. The molecule has 0 radical (unpaired) electrons. The fourth-order valence-corrected chi connectivity index (χ4v) is 0. The van der Waals surface area contributed by atoms with Crippen LogP contribution in [0.3, 0.4) is 0 Å². The van der Waals surface area contributed by atoms with Crippen LogP contribution in [0.1, 0.15) is 0 Å². The second kappa shape index (κ2) is 9.60. The molecule has 0 aromatic rings. The molecule has 0 saturated heterocycles. The van der Waals surface area contributed by atoms with E-state index in [9.17, 15) is 0 Å². The summed E-state index contributed by atoms with van der Waals surface area (Å²) in [5.41, 5.74) is 0. The van der Waals surface area contributed by atoms with Crippen LogP contribution in [0.15, 0.2) is 0 Å². The van der Waals surface area contributed by atoms with Crippen LogP contribution < -0.4 is 0 Å². The molecule has 0 aliphatic heterocycles. The van der Waals surface area contributed by atoms with Crippen LogP contribution in [0.5, 0.6) is 0 Å². The SMILES string of the molecule is O=P(O)(O)O.[Cl][Al]([Cl])[Cl].[NaH]. The maximum atomic E-state index is 8.88. The number of rotatable bonds is 0. The van der Waals surface area contributed by atoms with Gasteiger partial charge in [-0.1, -0.05) is 0 Å². The molecule has 0 bridgehead atoms. The van der Waals surface area contributed by atoms with E-state index in [1.165, 1.54) is 0 Å². The van der Waals surface area contributed by atoms with Crippen molar-refractivity contribution in [2.45, 2.75) is 0 Å². The Kier molecular flexibility index (Phi) is 17.6. The van der Waals surface area contributed by atoms with E-state index in [2.05, 4.69) is 0 Å². The van der Waals surface area contributed by atoms with E-state index in [1.54, 1.807) is 0 Å². The molecule has 0 amide bonds. The molecule has 3 N–H and O–H groups in total. The minimum atomic E-state index is -4.64. The van der Waals surface area contributed by atoms with Crippen molar-refractivity contribution < 1.29 is 19.2 Å². The fourth-order valence-electron chi connectivity index (χ4n) is 0. The van der Waals surface area contributed by atoms with Gasteiger partial charge in [0.15, 0.2) is 0 Å². The molecule has 0 saturated carbocycles. The van der Waals surface area contributed by atoms with E-state index in [-0.39, 0.29) is 29.6 Å². The topological polar surface area (TPSA) is 77.8 Å². The van der Waals surface area contributed by atoms with Gasteiger partial charge in [0.1, 0.15) is 0 Å². The van der Waals surface area contributed by atoms with E-state index < -0.39 is 19.2 Å². The molecule has 58 valence electrons. The van der Waals surface area contributed by atoms with Gasteiger partial charge in [0.25, 0.3) is 0 Å². The van der Waals surface area contributed by atoms with Gasteiger partial charge < -0.3 is 14.7 Å². The maximum absolute atomic E-state index is 8.88. The average molecular weight is 255 g/mol. The predicted molar refractivity (Wildman–Crippen MR) is 44.7 cm³/mol. The molecule has 0 rings (SSSR count). The molecular formula is H4AlCl3NaO4P. The molecule has 10 heteroatoms. The number of halogens is 3. The zero-order valence-corrected chi connectivity index (χ0v) is 8.23. The second-order valence-electron chi connectivity index (χ2n) is 0.761. The fraction of sp³-hybridized carbons (Fsp3) is 0. The minimum absolute atomic E-state index is 0. The Labute approximate surface area is 97.0 Å². The third-order valence-corrected chi connectivity index (χ3v) is 0. The van der Waals surface area contributed by atoms with Gasteiger partial charge in [0.2, 0.25) is 0 Å². The van der Waals surface area contributed by atoms with Crippen molar-refractivity contribution in [3.63, 3.8) is 0 Å². The van der Waals surface area contributed by atoms with Crippen LogP contribution in [-0.2, 0) is 4.57 Å². The molecule has 0 spiro atoms. The zero-order valence-electron chi connectivity index (χ0n) is 3.91. The quantitative estimate of drug-likeness (QED) is 0.424. The number of hydrogen-bond donors (Lipinski definition) is 3. The Morgan fingerprint density at radius 3 is 1.10 bits per heavy atom. The Morgan fingerprint density at radius 1 is 1.10 bits per heavy atom. The molecule has 0 aliphatic carbocycles. The molecular weight excluding hydrogens is 251 g/mol. The second-order valence-corrected chi connectivity index (χ2v) is 8.22. The van der Waals surface area contributed by atoms with E-state index in [4.69, 9.17) is 49.4 Å². The molecule has 0 atom stereocenters. The first-order valence-corrected chi connectivity index (χ1v) is 8.24. The van der Waals surface area contributed by atoms with Crippen molar-refractivity contribution >= 4 is 78.9 Å². The number of phosphoric acid groups is 1. The summed E-state index contributed by atoms with van der Waals surface area (Å²) >= 11 is -1.72. The van der Waals surface area contributed by atoms with E-state index >= 15 is 0 Å². The normalized spacial score (nSPS) is 8.60. The molecule has 4 nitrogen and oxygen atoms in total. The summed E-state index contributed by atoms with van der Waals surface area (Å²) in [5.74, 6) is 0. The van der Waals surface area contributed by atoms with Crippen molar-refractivity contribution in [1.29, 1.82) is 0 Å². The summed E-state index contributed by atoms with van der Waals surface area (Å²) in [6.45, 7) is 0. The molecule has 10 heavy (non-hydrogen) atoms. The van der Waals surface area contributed by atoms with Gasteiger partial charge in [0.05, 0.1) is 0 Å². The van der Waals surface area contributed by atoms with Gasteiger partial charge >= 0.3 is 48.8 Å².